The Hall–Kier alpha value is -2.87. The molecule has 2 fully saturated rings. The molecule has 1 saturated heterocycles. The van der Waals surface area contributed by atoms with Crippen molar-refractivity contribution >= 4 is 27.2 Å². The lowest BCUT2D eigenvalue weighted by Gasteiger charge is -2.54. The van der Waals surface area contributed by atoms with Crippen molar-refractivity contribution in [1.29, 1.82) is 0 Å². The predicted octanol–water partition coefficient (Wildman–Crippen LogP) is 8.13. The molecule has 1 spiro atoms. The maximum atomic E-state index is 15.9. The lowest BCUT2D eigenvalue weighted by molar-refractivity contribution is -0.184. The van der Waals surface area contributed by atoms with Gasteiger partial charge in [0.25, 0.3) is 0 Å². The fourth-order valence-electron chi connectivity index (χ4n) is 7.16. The molecule has 42 heavy (non-hydrogen) atoms. The number of hydrogen-bond donors (Lipinski definition) is 0. The summed E-state index contributed by atoms with van der Waals surface area (Å²) in [5.41, 5.74) is 6.09. The van der Waals surface area contributed by atoms with Crippen LogP contribution in [-0.2, 0) is 22.5 Å². The van der Waals surface area contributed by atoms with E-state index in [2.05, 4.69) is 45.1 Å². The highest BCUT2D eigenvalue weighted by Gasteiger charge is 2.49. The van der Waals surface area contributed by atoms with E-state index < -0.39 is 0 Å². The SMILES string of the molecule is COc1cc(N2CCC3(CC2)CC(C(OC)OC)C3)c(F)cc1C1=C(Br)CCc2cc(OCc3ccccc3)ccc21. The van der Waals surface area contributed by atoms with Crippen molar-refractivity contribution in [2.24, 2.45) is 11.3 Å². The highest BCUT2D eigenvalue weighted by molar-refractivity contribution is 9.11. The highest BCUT2D eigenvalue weighted by atomic mass is 79.9. The van der Waals surface area contributed by atoms with Gasteiger partial charge in [-0.2, -0.15) is 0 Å². The van der Waals surface area contributed by atoms with Gasteiger partial charge >= 0.3 is 0 Å². The fraction of sp³-hybridized carbons (Fsp3) is 0.429. The Labute approximate surface area is 256 Å². The van der Waals surface area contributed by atoms with Crippen LogP contribution in [0.5, 0.6) is 11.5 Å². The third-order valence-electron chi connectivity index (χ3n) is 9.42. The summed E-state index contributed by atoms with van der Waals surface area (Å²) in [5.74, 6) is 1.75. The van der Waals surface area contributed by atoms with E-state index in [4.69, 9.17) is 18.9 Å². The Morgan fingerprint density at radius 3 is 2.36 bits per heavy atom. The first-order valence-electron chi connectivity index (χ1n) is 14.8. The third-order valence-corrected chi connectivity index (χ3v) is 10.2. The van der Waals surface area contributed by atoms with Gasteiger partial charge in [0, 0.05) is 54.9 Å². The number of methoxy groups -OCH3 is 3. The Morgan fingerprint density at radius 1 is 0.929 bits per heavy atom. The number of halogens is 2. The van der Waals surface area contributed by atoms with E-state index in [0.717, 1.165) is 84.1 Å². The van der Waals surface area contributed by atoms with Gasteiger partial charge in [0.2, 0.25) is 0 Å². The smallest absolute Gasteiger partial charge is 0.159 e. The molecule has 0 atom stereocenters. The Balaban J connectivity index is 1.20. The molecule has 1 aliphatic heterocycles. The minimum absolute atomic E-state index is 0.130. The average molecular weight is 637 g/mol. The second-order valence-corrected chi connectivity index (χ2v) is 12.8. The summed E-state index contributed by atoms with van der Waals surface area (Å²) in [7, 11) is 5.09. The summed E-state index contributed by atoms with van der Waals surface area (Å²) in [6, 6.07) is 19.9. The van der Waals surface area contributed by atoms with Crippen LogP contribution in [0.1, 0.15) is 54.4 Å². The quantitative estimate of drug-likeness (QED) is 0.222. The average Bonchev–Trinajstić information content (AvgIpc) is 3.00. The van der Waals surface area contributed by atoms with E-state index in [-0.39, 0.29) is 12.1 Å². The van der Waals surface area contributed by atoms with E-state index in [9.17, 15) is 0 Å². The van der Waals surface area contributed by atoms with Crippen LogP contribution in [-0.4, -0.2) is 40.7 Å². The summed E-state index contributed by atoms with van der Waals surface area (Å²) in [4.78, 5) is 2.18. The van der Waals surface area contributed by atoms with Crippen LogP contribution < -0.4 is 14.4 Å². The number of piperidine rings is 1. The summed E-state index contributed by atoms with van der Waals surface area (Å²) < 4.78 is 39.9. The monoisotopic (exact) mass is 635 g/mol. The molecule has 0 radical (unpaired) electrons. The molecule has 1 heterocycles. The van der Waals surface area contributed by atoms with Gasteiger partial charge in [-0.1, -0.05) is 52.3 Å². The largest absolute Gasteiger partial charge is 0.496 e. The minimum atomic E-state index is -0.213. The number of fused-ring (bicyclic) bond motifs is 1. The minimum Gasteiger partial charge on any atom is -0.496 e. The maximum Gasteiger partial charge on any atom is 0.159 e. The van der Waals surface area contributed by atoms with Crippen LogP contribution in [0.4, 0.5) is 10.1 Å². The van der Waals surface area contributed by atoms with Gasteiger partial charge in [-0.3, -0.25) is 0 Å². The Morgan fingerprint density at radius 2 is 1.67 bits per heavy atom. The molecule has 6 rings (SSSR count). The molecule has 3 aliphatic rings. The number of hydrogen-bond acceptors (Lipinski definition) is 5. The molecule has 3 aromatic carbocycles. The van der Waals surface area contributed by atoms with E-state index in [1.165, 1.54) is 5.56 Å². The van der Waals surface area contributed by atoms with Gasteiger partial charge in [0.15, 0.2) is 6.29 Å². The number of ether oxygens (including phenoxy) is 4. The van der Waals surface area contributed by atoms with Crippen LogP contribution in [0.25, 0.3) is 5.57 Å². The lowest BCUT2D eigenvalue weighted by Crippen LogP contribution is -2.50. The number of nitrogens with zero attached hydrogens (tertiary/aromatic N) is 1. The summed E-state index contributed by atoms with van der Waals surface area (Å²) in [5, 5.41) is 0. The first-order chi connectivity index (χ1) is 20.4. The van der Waals surface area contributed by atoms with Gasteiger partial charge < -0.3 is 23.8 Å². The number of aryl methyl sites for hydroxylation is 1. The number of anilines is 1. The summed E-state index contributed by atoms with van der Waals surface area (Å²) in [6.45, 7) is 2.18. The van der Waals surface area contributed by atoms with Crippen molar-refractivity contribution < 1.29 is 23.3 Å². The first-order valence-corrected chi connectivity index (χ1v) is 15.6. The molecule has 7 heteroatoms. The number of rotatable bonds is 9. The van der Waals surface area contributed by atoms with E-state index in [1.807, 2.05) is 30.3 Å². The molecular weight excluding hydrogens is 597 g/mol. The molecule has 0 amide bonds. The molecular formula is C35H39BrFNO4. The van der Waals surface area contributed by atoms with Crippen LogP contribution in [0.2, 0.25) is 0 Å². The molecule has 3 aromatic rings. The van der Waals surface area contributed by atoms with Crippen molar-refractivity contribution in [1.82, 2.24) is 0 Å². The fourth-order valence-corrected chi connectivity index (χ4v) is 7.79. The maximum absolute atomic E-state index is 15.9. The number of allylic oxidation sites excluding steroid dienone is 1. The van der Waals surface area contributed by atoms with Crippen LogP contribution in [0, 0.1) is 17.2 Å². The molecule has 0 aromatic heterocycles. The first kappa shape index (κ1) is 29.2. The molecule has 5 nitrogen and oxygen atoms in total. The van der Waals surface area contributed by atoms with Gasteiger partial charge in [0.05, 0.1) is 12.8 Å². The number of benzene rings is 3. The zero-order valence-corrected chi connectivity index (χ0v) is 26.2. The third kappa shape index (κ3) is 5.71. The van der Waals surface area contributed by atoms with Gasteiger partial charge in [-0.15, -0.1) is 0 Å². The standard InChI is InChI=1S/C35H39BrFNO4/c1-39-32-19-31(38-15-13-35(14-16-38)20-25(21-35)34(40-2)41-3)30(37)18-28(32)33-27-11-10-26(17-24(27)9-12-29(33)36)42-22-23-7-5-4-6-8-23/h4-8,10-11,17-19,25,34H,9,12-16,20-22H2,1-3H3. The van der Waals surface area contributed by atoms with Crippen LogP contribution in [0.3, 0.4) is 0 Å². The molecule has 1 saturated carbocycles. The zero-order chi connectivity index (χ0) is 29.3. The Bertz CT molecular complexity index is 1440. The predicted molar refractivity (Wildman–Crippen MR) is 168 cm³/mol. The van der Waals surface area contributed by atoms with E-state index >= 15 is 4.39 Å². The van der Waals surface area contributed by atoms with Crippen molar-refractivity contribution in [3.63, 3.8) is 0 Å². The van der Waals surface area contributed by atoms with Gasteiger partial charge in [-0.25, -0.2) is 4.39 Å². The second-order valence-electron chi connectivity index (χ2n) is 11.9. The highest BCUT2D eigenvalue weighted by Crippen LogP contribution is 2.55. The van der Waals surface area contributed by atoms with Crippen LogP contribution >= 0.6 is 15.9 Å². The van der Waals surface area contributed by atoms with Gasteiger partial charge in [-0.05, 0) is 78.8 Å². The van der Waals surface area contributed by atoms with Crippen LogP contribution in [0.15, 0.2) is 65.1 Å². The van der Waals surface area contributed by atoms with E-state index in [0.29, 0.717) is 29.4 Å². The lowest BCUT2D eigenvalue weighted by atomic mass is 9.57. The van der Waals surface area contributed by atoms with Crippen molar-refractivity contribution in [3.8, 4) is 11.5 Å². The van der Waals surface area contributed by atoms with Gasteiger partial charge in [0.1, 0.15) is 23.9 Å². The normalized spacial score (nSPS) is 18.3. The topological polar surface area (TPSA) is 40.2 Å². The Kier molecular flexibility index (Phi) is 8.62. The van der Waals surface area contributed by atoms with Crippen molar-refractivity contribution in [2.45, 2.75) is 51.4 Å². The summed E-state index contributed by atoms with van der Waals surface area (Å²) in [6.07, 6.45) is 5.90. The molecule has 222 valence electrons. The van der Waals surface area contributed by atoms with E-state index in [1.54, 1.807) is 27.4 Å². The van der Waals surface area contributed by atoms with Crippen molar-refractivity contribution in [2.75, 3.05) is 39.3 Å². The molecule has 0 unspecified atom stereocenters. The zero-order valence-electron chi connectivity index (χ0n) is 24.6. The second kappa shape index (κ2) is 12.4. The molecule has 0 bridgehead atoms. The molecule has 0 N–H and O–H groups in total. The summed E-state index contributed by atoms with van der Waals surface area (Å²) >= 11 is 3.82. The van der Waals surface area contributed by atoms with Crippen molar-refractivity contribution in [3.05, 3.63) is 93.2 Å². The molecule has 2 aliphatic carbocycles.